The van der Waals surface area contributed by atoms with Gasteiger partial charge >= 0.3 is 0 Å². The molecule has 0 aromatic heterocycles. The van der Waals surface area contributed by atoms with E-state index in [1.165, 1.54) is 11.1 Å². The predicted molar refractivity (Wildman–Crippen MR) is 76.8 cm³/mol. The Morgan fingerprint density at radius 3 is 2.94 bits per heavy atom. The van der Waals surface area contributed by atoms with Gasteiger partial charge in [-0.15, -0.1) is 0 Å². The van der Waals surface area contributed by atoms with Crippen LogP contribution in [-0.4, -0.2) is 30.0 Å². The van der Waals surface area contributed by atoms with Crippen LogP contribution in [0.2, 0.25) is 0 Å². The molecule has 0 radical (unpaired) electrons. The van der Waals surface area contributed by atoms with Crippen molar-refractivity contribution < 1.29 is 4.79 Å². The van der Waals surface area contributed by atoms with Gasteiger partial charge in [0.1, 0.15) is 0 Å². The van der Waals surface area contributed by atoms with Crippen molar-refractivity contribution in [2.75, 3.05) is 12.8 Å². The van der Waals surface area contributed by atoms with Crippen LogP contribution in [0.4, 0.5) is 0 Å². The lowest BCUT2D eigenvalue weighted by Gasteiger charge is -2.25. The molecule has 0 fully saturated rings. The van der Waals surface area contributed by atoms with Crippen LogP contribution in [0, 0.1) is 0 Å². The zero-order valence-corrected chi connectivity index (χ0v) is 11.7. The van der Waals surface area contributed by atoms with Gasteiger partial charge in [-0.1, -0.05) is 31.2 Å². The molecule has 18 heavy (non-hydrogen) atoms. The standard InChI is InChI=1S/C14H20N2OS/c1-10(18-2)8-16-14(17)13-7-11-5-3-4-6-12(11)9-15-13/h3-6,10,13,15H,7-9H2,1-2H3,(H,16,17)/t10?,13-/m0/s1. The van der Waals surface area contributed by atoms with E-state index in [0.717, 1.165) is 19.5 Å². The average Bonchev–Trinajstić information content (AvgIpc) is 2.43. The van der Waals surface area contributed by atoms with E-state index in [1.807, 2.05) is 12.1 Å². The van der Waals surface area contributed by atoms with Gasteiger partial charge in [0, 0.05) is 18.3 Å². The van der Waals surface area contributed by atoms with Crippen molar-refractivity contribution in [1.29, 1.82) is 0 Å². The minimum Gasteiger partial charge on any atom is -0.354 e. The lowest BCUT2D eigenvalue weighted by Crippen LogP contribution is -2.48. The Bertz CT molecular complexity index is 422. The number of rotatable bonds is 4. The van der Waals surface area contributed by atoms with Crippen LogP contribution in [0.5, 0.6) is 0 Å². The summed E-state index contributed by atoms with van der Waals surface area (Å²) in [5, 5.41) is 6.77. The largest absolute Gasteiger partial charge is 0.354 e. The molecule has 2 rings (SSSR count). The summed E-state index contributed by atoms with van der Waals surface area (Å²) >= 11 is 1.77. The molecule has 1 aromatic rings. The number of hydrogen-bond acceptors (Lipinski definition) is 3. The molecular weight excluding hydrogens is 244 g/mol. The fourth-order valence-electron chi connectivity index (χ4n) is 2.09. The molecule has 0 spiro atoms. The molecule has 1 unspecified atom stereocenters. The number of nitrogens with one attached hydrogen (secondary N) is 2. The maximum Gasteiger partial charge on any atom is 0.237 e. The van der Waals surface area contributed by atoms with Gasteiger partial charge in [-0.25, -0.2) is 0 Å². The van der Waals surface area contributed by atoms with E-state index >= 15 is 0 Å². The highest BCUT2D eigenvalue weighted by molar-refractivity contribution is 7.99. The first-order chi connectivity index (χ1) is 8.70. The van der Waals surface area contributed by atoms with Crippen molar-refractivity contribution in [2.24, 2.45) is 0 Å². The van der Waals surface area contributed by atoms with Crippen molar-refractivity contribution in [2.45, 2.75) is 31.2 Å². The summed E-state index contributed by atoms with van der Waals surface area (Å²) < 4.78 is 0. The van der Waals surface area contributed by atoms with E-state index in [1.54, 1.807) is 11.8 Å². The van der Waals surface area contributed by atoms with Gasteiger partial charge in [-0.05, 0) is 23.8 Å². The minimum atomic E-state index is -0.0889. The van der Waals surface area contributed by atoms with E-state index < -0.39 is 0 Å². The molecule has 98 valence electrons. The summed E-state index contributed by atoms with van der Waals surface area (Å²) in [6, 6.07) is 8.22. The Morgan fingerprint density at radius 2 is 2.22 bits per heavy atom. The Hall–Kier alpha value is -1.00. The zero-order chi connectivity index (χ0) is 13.0. The highest BCUT2D eigenvalue weighted by Crippen LogP contribution is 2.16. The summed E-state index contributed by atoms with van der Waals surface area (Å²) in [5.41, 5.74) is 2.59. The van der Waals surface area contributed by atoms with Gasteiger partial charge in [0.15, 0.2) is 0 Å². The lowest BCUT2D eigenvalue weighted by atomic mass is 9.95. The molecule has 4 heteroatoms. The number of benzene rings is 1. The highest BCUT2D eigenvalue weighted by atomic mass is 32.2. The van der Waals surface area contributed by atoms with Crippen LogP contribution >= 0.6 is 11.8 Å². The van der Waals surface area contributed by atoms with E-state index in [4.69, 9.17) is 0 Å². The topological polar surface area (TPSA) is 41.1 Å². The number of carbonyl (C=O) groups is 1. The Balaban J connectivity index is 1.90. The van der Waals surface area contributed by atoms with Crippen LogP contribution in [0.25, 0.3) is 0 Å². The van der Waals surface area contributed by atoms with Crippen molar-refractivity contribution >= 4 is 17.7 Å². The molecule has 2 N–H and O–H groups in total. The quantitative estimate of drug-likeness (QED) is 0.867. The SMILES string of the molecule is CSC(C)CNC(=O)[C@@H]1Cc2ccccc2CN1. The van der Waals surface area contributed by atoms with E-state index in [9.17, 15) is 4.79 Å². The van der Waals surface area contributed by atoms with Gasteiger partial charge in [0.2, 0.25) is 5.91 Å². The molecule has 0 aliphatic carbocycles. The lowest BCUT2D eigenvalue weighted by molar-refractivity contribution is -0.123. The number of thioether (sulfide) groups is 1. The Kier molecular flexibility index (Phi) is 4.66. The van der Waals surface area contributed by atoms with Gasteiger partial charge in [-0.3, -0.25) is 4.79 Å². The molecule has 0 bridgehead atoms. The van der Waals surface area contributed by atoms with Crippen molar-refractivity contribution in [3.8, 4) is 0 Å². The van der Waals surface area contributed by atoms with Crippen molar-refractivity contribution in [1.82, 2.24) is 10.6 Å². The molecule has 1 aliphatic rings. The summed E-state index contributed by atoms with van der Waals surface area (Å²) in [6.45, 7) is 3.64. The molecule has 1 heterocycles. The summed E-state index contributed by atoms with van der Waals surface area (Å²) in [4.78, 5) is 12.0. The molecule has 0 saturated carbocycles. The van der Waals surface area contributed by atoms with Gasteiger partial charge in [0.05, 0.1) is 6.04 Å². The molecule has 2 atom stereocenters. The maximum atomic E-state index is 12.0. The summed E-state index contributed by atoms with van der Waals surface area (Å²) in [6.07, 6.45) is 2.85. The van der Waals surface area contributed by atoms with Crippen LogP contribution in [-0.2, 0) is 17.8 Å². The van der Waals surface area contributed by atoms with Gasteiger partial charge in [-0.2, -0.15) is 11.8 Å². The average molecular weight is 264 g/mol. The molecule has 1 amide bonds. The minimum absolute atomic E-state index is 0.0889. The van der Waals surface area contributed by atoms with Gasteiger partial charge < -0.3 is 10.6 Å². The fourth-order valence-corrected chi connectivity index (χ4v) is 2.34. The van der Waals surface area contributed by atoms with Crippen molar-refractivity contribution in [3.05, 3.63) is 35.4 Å². The predicted octanol–water partition coefficient (Wildman–Crippen LogP) is 1.57. The number of hydrogen-bond donors (Lipinski definition) is 2. The van der Waals surface area contributed by atoms with E-state index in [2.05, 4.69) is 35.9 Å². The maximum absolute atomic E-state index is 12.0. The molecule has 0 saturated heterocycles. The van der Waals surface area contributed by atoms with Gasteiger partial charge in [0.25, 0.3) is 0 Å². The second-order valence-electron chi connectivity index (χ2n) is 4.70. The van der Waals surface area contributed by atoms with Crippen molar-refractivity contribution in [3.63, 3.8) is 0 Å². The van der Waals surface area contributed by atoms with Crippen LogP contribution in [0.1, 0.15) is 18.1 Å². The monoisotopic (exact) mass is 264 g/mol. The zero-order valence-electron chi connectivity index (χ0n) is 10.9. The third-order valence-corrected chi connectivity index (χ3v) is 4.34. The Labute approximate surface area is 113 Å². The van der Waals surface area contributed by atoms with Crippen LogP contribution in [0.3, 0.4) is 0 Å². The molecular formula is C14H20N2OS. The van der Waals surface area contributed by atoms with Crippen LogP contribution < -0.4 is 10.6 Å². The molecule has 3 nitrogen and oxygen atoms in total. The second-order valence-corrected chi connectivity index (χ2v) is 5.97. The number of amides is 1. The number of carbonyl (C=O) groups excluding carboxylic acids is 1. The third kappa shape index (κ3) is 3.27. The second kappa shape index (κ2) is 6.25. The van der Waals surface area contributed by atoms with Crippen LogP contribution in [0.15, 0.2) is 24.3 Å². The Morgan fingerprint density at radius 1 is 1.50 bits per heavy atom. The summed E-state index contributed by atoms with van der Waals surface area (Å²) in [7, 11) is 0. The fraction of sp³-hybridized carbons (Fsp3) is 0.500. The highest BCUT2D eigenvalue weighted by Gasteiger charge is 2.23. The first kappa shape index (κ1) is 13.4. The number of fused-ring (bicyclic) bond motifs is 1. The molecule has 1 aromatic carbocycles. The normalized spacial score (nSPS) is 20.0. The third-order valence-electron chi connectivity index (χ3n) is 3.36. The smallest absolute Gasteiger partial charge is 0.237 e. The van der Waals surface area contributed by atoms with E-state index in [-0.39, 0.29) is 11.9 Å². The summed E-state index contributed by atoms with van der Waals surface area (Å²) in [5.74, 6) is 0.116. The first-order valence-electron chi connectivity index (χ1n) is 6.31. The van der Waals surface area contributed by atoms with E-state index in [0.29, 0.717) is 5.25 Å². The molecule has 1 aliphatic heterocycles. The first-order valence-corrected chi connectivity index (χ1v) is 7.60.